The molecule has 0 unspecified atom stereocenters. The van der Waals surface area contributed by atoms with Gasteiger partial charge in [0.25, 0.3) is 0 Å². The first-order valence-electron chi connectivity index (χ1n) is 4.68. The van der Waals surface area contributed by atoms with Crippen LogP contribution >= 0.6 is 0 Å². The van der Waals surface area contributed by atoms with Gasteiger partial charge in [-0.1, -0.05) is 0 Å². The highest BCUT2D eigenvalue weighted by Gasteiger charge is 1.99. The zero-order chi connectivity index (χ0) is 10.2. The molecule has 0 aliphatic rings. The number of rotatable bonds is 6. The molecule has 78 valence electrons. The Labute approximate surface area is 84.7 Å². The lowest BCUT2D eigenvalue weighted by atomic mass is 10.2. The van der Waals surface area contributed by atoms with Crippen molar-refractivity contribution < 1.29 is 4.74 Å². The predicted molar refractivity (Wildman–Crippen MR) is 57.4 cm³/mol. The number of nitrogens with one attached hydrogen (secondary N) is 2. The van der Waals surface area contributed by atoms with Crippen LogP contribution in [-0.2, 0) is 11.3 Å². The maximum atomic E-state index is 4.96. The summed E-state index contributed by atoms with van der Waals surface area (Å²) in [5.41, 5.74) is 2.29. The van der Waals surface area contributed by atoms with Gasteiger partial charge in [-0.15, -0.1) is 0 Å². The molecule has 0 aromatic carbocycles. The summed E-state index contributed by atoms with van der Waals surface area (Å²) in [6.07, 6.45) is 3.64. The Morgan fingerprint density at radius 2 is 2.36 bits per heavy atom. The summed E-state index contributed by atoms with van der Waals surface area (Å²) in [4.78, 5) is 4.08. The Balaban J connectivity index is 2.55. The van der Waals surface area contributed by atoms with Gasteiger partial charge in [-0.3, -0.25) is 4.98 Å². The van der Waals surface area contributed by atoms with E-state index in [0.717, 1.165) is 18.8 Å². The van der Waals surface area contributed by atoms with E-state index < -0.39 is 0 Å². The molecule has 0 saturated carbocycles. The lowest BCUT2D eigenvalue weighted by Crippen LogP contribution is -2.12. The third-order valence-corrected chi connectivity index (χ3v) is 1.90. The number of nitrogens with zero attached hydrogens (tertiary/aromatic N) is 1. The quantitative estimate of drug-likeness (QED) is 0.661. The van der Waals surface area contributed by atoms with Crippen molar-refractivity contribution in [3.63, 3.8) is 0 Å². The van der Waals surface area contributed by atoms with Gasteiger partial charge in [-0.05, 0) is 18.7 Å². The van der Waals surface area contributed by atoms with Crippen LogP contribution in [-0.4, -0.2) is 32.3 Å². The molecule has 0 radical (unpaired) electrons. The highest BCUT2D eigenvalue weighted by molar-refractivity contribution is 5.48. The van der Waals surface area contributed by atoms with E-state index in [1.165, 1.54) is 5.56 Å². The average molecular weight is 195 g/mol. The first-order valence-corrected chi connectivity index (χ1v) is 4.68. The van der Waals surface area contributed by atoms with E-state index in [4.69, 9.17) is 4.74 Å². The first kappa shape index (κ1) is 10.9. The topological polar surface area (TPSA) is 46.2 Å². The van der Waals surface area contributed by atoms with Gasteiger partial charge >= 0.3 is 0 Å². The van der Waals surface area contributed by atoms with Gasteiger partial charge in [0.15, 0.2) is 0 Å². The Hall–Kier alpha value is -1.13. The maximum Gasteiger partial charge on any atom is 0.0635 e. The Bertz CT molecular complexity index is 265. The van der Waals surface area contributed by atoms with Crippen LogP contribution in [0.1, 0.15) is 5.56 Å². The molecule has 0 fully saturated rings. The number of methoxy groups -OCH3 is 1. The van der Waals surface area contributed by atoms with Gasteiger partial charge in [0, 0.05) is 26.4 Å². The average Bonchev–Trinajstić information content (AvgIpc) is 2.21. The molecule has 4 nitrogen and oxygen atoms in total. The summed E-state index contributed by atoms with van der Waals surface area (Å²) in [7, 11) is 3.62. The summed E-state index contributed by atoms with van der Waals surface area (Å²) < 4.78 is 4.96. The number of anilines is 1. The summed E-state index contributed by atoms with van der Waals surface area (Å²) >= 11 is 0. The van der Waals surface area contributed by atoms with E-state index >= 15 is 0 Å². The van der Waals surface area contributed by atoms with E-state index in [1.807, 2.05) is 19.3 Å². The molecular weight excluding hydrogens is 178 g/mol. The van der Waals surface area contributed by atoms with Crippen LogP contribution in [0.15, 0.2) is 18.5 Å². The second-order valence-electron chi connectivity index (χ2n) is 2.98. The van der Waals surface area contributed by atoms with Crippen LogP contribution in [0.25, 0.3) is 0 Å². The van der Waals surface area contributed by atoms with Gasteiger partial charge < -0.3 is 15.4 Å². The predicted octanol–water partition coefficient (Wildman–Crippen LogP) is 0.859. The van der Waals surface area contributed by atoms with Crippen molar-refractivity contribution in [1.29, 1.82) is 0 Å². The van der Waals surface area contributed by atoms with Crippen LogP contribution < -0.4 is 10.6 Å². The number of hydrogen-bond donors (Lipinski definition) is 2. The van der Waals surface area contributed by atoms with Crippen LogP contribution in [0.3, 0.4) is 0 Å². The van der Waals surface area contributed by atoms with Crippen LogP contribution in [0, 0.1) is 0 Å². The maximum absolute atomic E-state index is 4.96. The molecule has 0 bridgehead atoms. The lowest BCUT2D eigenvalue weighted by molar-refractivity contribution is 0.210. The molecule has 0 aliphatic carbocycles. The number of hydrogen-bond acceptors (Lipinski definition) is 4. The number of ether oxygens (including phenoxy) is 1. The molecule has 14 heavy (non-hydrogen) atoms. The van der Waals surface area contributed by atoms with E-state index in [2.05, 4.69) is 15.6 Å². The Morgan fingerprint density at radius 3 is 3.07 bits per heavy atom. The van der Waals surface area contributed by atoms with Gasteiger partial charge in [0.2, 0.25) is 0 Å². The van der Waals surface area contributed by atoms with Gasteiger partial charge in [-0.2, -0.15) is 0 Å². The fourth-order valence-electron chi connectivity index (χ4n) is 1.21. The standard InChI is InChI=1S/C10H17N3O/c1-11-7-9-3-4-12-8-10(9)13-5-6-14-2/h3-4,8,11,13H,5-7H2,1-2H3. The molecule has 4 heteroatoms. The summed E-state index contributed by atoms with van der Waals surface area (Å²) in [6, 6.07) is 2.01. The zero-order valence-corrected chi connectivity index (χ0v) is 8.71. The Kier molecular flexibility index (Phi) is 4.96. The molecule has 2 N–H and O–H groups in total. The SMILES string of the molecule is CNCc1ccncc1NCCOC. The van der Waals surface area contributed by atoms with Crippen molar-refractivity contribution in [3.05, 3.63) is 24.0 Å². The highest BCUT2D eigenvalue weighted by Crippen LogP contribution is 2.12. The van der Waals surface area contributed by atoms with Gasteiger partial charge in [0.05, 0.1) is 18.5 Å². The zero-order valence-electron chi connectivity index (χ0n) is 8.71. The summed E-state index contributed by atoms with van der Waals surface area (Å²) in [5, 5.41) is 6.39. The fourth-order valence-corrected chi connectivity index (χ4v) is 1.21. The summed E-state index contributed by atoms with van der Waals surface area (Å²) in [6.45, 7) is 2.35. The number of pyridine rings is 1. The van der Waals surface area contributed by atoms with Crippen molar-refractivity contribution >= 4 is 5.69 Å². The third kappa shape index (κ3) is 3.32. The second kappa shape index (κ2) is 6.34. The van der Waals surface area contributed by atoms with Crippen molar-refractivity contribution in [2.24, 2.45) is 0 Å². The molecule has 0 aliphatic heterocycles. The number of aromatic nitrogens is 1. The van der Waals surface area contributed by atoms with Crippen molar-refractivity contribution in [3.8, 4) is 0 Å². The van der Waals surface area contributed by atoms with Crippen molar-refractivity contribution in [1.82, 2.24) is 10.3 Å². The molecule has 1 aromatic heterocycles. The van der Waals surface area contributed by atoms with Gasteiger partial charge in [-0.25, -0.2) is 0 Å². The lowest BCUT2D eigenvalue weighted by Gasteiger charge is -2.10. The van der Waals surface area contributed by atoms with Crippen molar-refractivity contribution in [2.45, 2.75) is 6.54 Å². The monoisotopic (exact) mass is 195 g/mol. The summed E-state index contributed by atoms with van der Waals surface area (Å²) in [5.74, 6) is 0. The minimum absolute atomic E-state index is 0.702. The molecule has 1 aromatic rings. The van der Waals surface area contributed by atoms with Crippen LogP contribution in [0.5, 0.6) is 0 Å². The Morgan fingerprint density at radius 1 is 1.50 bits per heavy atom. The molecule has 1 heterocycles. The van der Waals surface area contributed by atoms with E-state index in [1.54, 1.807) is 13.3 Å². The molecule has 0 saturated heterocycles. The smallest absolute Gasteiger partial charge is 0.0635 e. The molecule has 0 amide bonds. The molecule has 0 spiro atoms. The van der Waals surface area contributed by atoms with E-state index in [-0.39, 0.29) is 0 Å². The van der Waals surface area contributed by atoms with Gasteiger partial charge in [0.1, 0.15) is 0 Å². The largest absolute Gasteiger partial charge is 0.383 e. The third-order valence-electron chi connectivity index (χ3n) is 1.90. The van der Waals surface area contributed by atoms with Crippen LogP contribution in [0.2, 0.25) is 0 Å². The first-order chi connectivity index (χ1) is 6.88. The van der Waals surface area contributed by atoms with E-state index in [9.17, 15) is 0 Å². The molecule has 0 atom stereocenters. The highest BCUT2D eigenvalue weighted by atomic mass is 16.5. The van der Waals surface area contributed by atoms with Crippen LogP contribution in [0.4, 0.5) is 5.69 Å². The minimum atomic E-state index is 0.702. The normalized spacial score (nSPS) is 10.1. The van der Waals surface area contributed by atoms with Crippen molar-refractivity contribution in [2.75, 3.05) is 32.6 Å². The minimum Gasteiger partial charge on any atom is -0.383 e. The second-order valence-corrected chi connectivity index (χ2v) is 2.98. The molecule has 1 rings (SSSR count). The fraction of sp³-hybridized carbons (Fsp3) is 0.500. The van der Waals surface area contributed by atoms with E-state index in [0.29, 0.717) is 6.61 Å². The molecular formula is C10H17N3O.